The number of nitrogens with zero attached hydrogens (tertiary/aromatic N) is 2. The molecule has 0 bridgehead atoms. The van der Waals surface area contributed by atoms with E-state index >= 15 is 0 Å². The molecule has 0 spiro atoms. The number of aromatic nitrogens is 2. The van der Waals surface area contributed by atoms with Crippen LogP contribution in [0.3, 0.4) is 0 Å². The Balaban J connectivity index is 1.74. The third-order valence-corrected chi connectivity index (χ3v) is 6.52. The Hall–Kier alpha value is -2.65. The van der Waals surface area contributed by atoms with E-state index in [9.17, 15) is 13.2 Å². The van der Waals surface area contributed by atoms with Crippen LogP contribution in [-0.2, 0) is 9.84 Å². The number of anilines is 1. The van der Waals surface area contributed by atoms with Gasteiger partial charge in [-0.2, -0.15) is 0 Å². The molecule has 9 heteroatoms. The van der Waals surface area contributed by atoms with Gasteiger partial charge in [0.15, 0.2) is 9.84 Å². The summed E-state index contributed by atoms with van der Waals surface area (Å²) in [4.78, 5) is 13.6. The zero-order chi connectivity index (χ0) is 20.1. The number of benzene rings is 2. The second-order valence-corrected chi connectivity index (χ2v) is 9.37. The molecule has 0 radical (unpaired) electrons. The van der Waals surface area contributed by atoms with E-state index in [1.165, 1.54) is 12.1 Å². The first kappa shape index (κ1) is 20.1. The molecular formula is C19H19N3O4S2. The largest absolute Gasteiger partial charge is 0.403 e. The van der Waals surface area contributed by atoms with E-state index in [2.05, 4.69) is 15.5 Å². The average molecular weight is 418 g/mol. The van der Waals surface area contributed by atoms with Crippen LogP contribution in [0.4, 0.5) is 6.01 Å². The van der Waals surface area contributed by atoms with Gasteiger partial charge in [-0.3, -0.25) is 10.1 Å². The van der Waals surface area contributed by atoms with Gasteiger partial charge in [0.1, 0.15) is 0 Å². The van der Waals surface area contributed by atoms with Gasteiger partial charge in [-0.25, -0.2) is 8.42 Å². The summed E-state index contributed by atoms with van der Waals surface area (Å²) >= 11 is 1.64. The predicted molar refractivity (Wildman–Crippen MR) is 108 cm³/mol. The first-order valence-corrected chi connectivity index (χ1v) is 11.3. The van der Waals surface area contributed by atoms with E-state index in [4.69, 9.17) is 4.42 Å². The second-order valence-electron chi connectivity index (χ2n) is 5.76. The standard InChI is InChI=1S/C19H19N3O4S2/c1-3-27-15-7-5-6-14(12-15)17(23)20-19-22-21-18(26-19)13-8-10-16(11-9-13)28(24,25)4-2/h5-12H,3-4H2,1-2H3,(H,20,22,23). The summed E-state index contributed by atoms with van der Waals surface area (Å²) in [5.74, 6) is 0.779. The fraction of sp³-hybridized carbons (Fsp3) is 0.211. The van der Waals surface area contributed by atoms with Crippen molar-refractivity contribution in [3.8, 4) is 11.5 Å². The summed E-state index contributed by atoms with van der Waals surface area (Å²) in [6.07, 6.45) is 0. The van der Waals surface area contributed by atoms with Gasteiger partial charge in [0, 0.05) is 16.0 Å². The molecule has 146 valence electrons. The molecule has 1 amide bonds. The van der Waals surface area contributed by atoms with Gasteiger partial charge in [-0.05, 0) is 48.2 Å². The van der Waals surface area contributed by atoms with E-state index in [1.54, 1.807) is 43.0 Å². The van der Waals surface area contributed by atoms with Crippen LogP contribution in [0.25, 0.3) is 11.5 Å². The van der Waals surface area contributed by atoms with Crippen LogP contribution in [0.5, 0.6) is 0 Å². The lowest BCUT2D eigenvalue weighted by Gasteiger charge is -2.03. The van der Waals surface area contributed by atoms with E-state index in [0.717, 1.165) is 10.6 Å². The number of carbonyl (C=O) groups is 1. The topological polar surface area (TPSA) is 102 Å². The lowest BCUT2D eigenvalue weighted by atomic mass is 10.2. The lowest BCUT2D eigenvalue weighted by molar-refractivity contribution is 0.102. The Labute approximate surface area is 167 Å². The maximum absolute atomic E-state index is 12.4. The van der Waals surface area contributed by atoms with Gasteiger partial charge in [-0.15, -0.1) is 16.9 Å². The molecule has 7 nitrogen and oxygen atoms in total. The molecule has 1 N–H and O–H groups in total. The summed E-state index contributed by atoms with van der Waals surface area (Å²) in [6.45, 7) is 3.63. The fourth-order valence-electron chi connectivity index (χ4n) is 2.42. The number of carbonyl (C=O) groups excluding carboxylic acids is 1. The first-order valence-electron chi connectivity index (χ1n) is 8.64. The van der Waals surface area contributed by atoms with Crippen LogP contribution in [0, 0.1) is 0 Å². The van der Waals surface area contributed by atoms with Gasteiger partial charge in [0.05, 0.1) is 10.6 Å². The van der Waals surface area contributed by atoms with E-state index in [0.29, 0.717) is 11.1 Å². The number of hydrogen-bond acceptors (Lipinski definition) is 7. The second kappa shape index (κ2) is 8.57. The normalized spacial score (nSPS) is 11.4. The number of rotatable bonds is 7. The molecule has 0 atom stereocenters. The molecule has 0 unspecified atom stereocenters. The van der Waals surface area contributed by atoms with Crippen LogP contribution in [-0.4, -0.2) is 36.0 Å². The molecule has 3 rings (SSSR count). The highest BCUT2D eigenvalue weighted by atomic mass is 32.2. The van der Waals surface area contributed by atoms with Crippen molar-refractivity contribution in [2.24, 2.45) is 0 Å². The smallest absolute Gasteiger partial charge is 0.322 e. The Bertz CT molecular complexity index is 1080. The third kappa shape index (κ3) is 4.60. The number of nitrogens with one attached hydrogen (secondary N) is 1. The first-order chi connectivity index (χ1) is 13.4. The molecule has 1 aromatic heterocycles. The van der Waals surface area contributed by atoms with Crippen molar-refractivity contribution >= 4 is 33.5 Å². The van der Waals surface area contributed by atoms with E-state index in [-0.39, 0.29) is 28.5 Å². The van der Waals surface area contributed by atoms with Crippen molar-refractivity contribution in [2.75, 3.05) is 16.8 Å². The third-order valence-electron chi connectivity index (χ3n) is 3.89. The number of hydrogen-bond donors (Lipinski definition) is 1. The van der Waals surface area contributed by atoms with Crippen molar-refractivity contribution in [3.05, 3.63) is 54.1 Å². The molecule has 2 aromatic carbocycles. The summed E-state index contributed by atoms with van der Waals surface area (Å²) in [7, 11) is -3.27. The molecule has 1 heterocycles. The monoisotopic (exact) mass is 417 g/mol. The van der Waals surface area contributed by atoms with Gasteiger partial charge in [-0.1, -0.05) is 25.0 Å². The van der Waals surface area contributed by atoms with Crippen molar-refractivity contribution in [1.29, 1.82) is 0 Å². The molecule has 0 aliphatic heterocycles. The average Bonchev–Trinajstić information content (AvgIpc) is 3.17. The SMILES string of the molecule is CCSc1cccc(C(=O)Nc2nnc(-c3ccc(S(=O)(=O)CC)cc3)o2)c1. The molecule has 0 aliphatic carbocycles. The van der Waals surface area contributed by atoms with Crippen LogP contribution in [0.15, 0.2) is 62.7 Å². The van der Waals surface area contributed by atoms with E-state index < -0.39 is 9.84 Å². The zero-order valence-corrected chi connectivity index (χ0v) is 17.0. The summed E-state index contributed by atoms with van der Waals surface area (Å²) in [5.41, 5.74) is 1.05. The predicted octanol–water partition coefficient (Wildman–Crippen LogP) is 3.89. The van der Waals surface area contributed by atoms with Gasteiger partial charge >= 0.3 is 6.01 Å². The van der Waals surface area contributed by atoms with Gasteiger partial charge in [0.25, 0.3) is 5.91 Å². The number of amides is 1. The maximum atomic E-state index is 12.4. The quantitative estimate of drug-likeness (QED) is 0.582. The Morgan fingerprint density at radius 2 is 1.86 bits per heavy atom. The molecule has 0 saturated heterocycles. The van der Waals surface area contributed by atoms with E-state index in [1.807, 2.05) is 19.1 Å². The zero-order valence-electron chi connectivity index (χ0n) is 15.4. The lowest BCUT2D eigenvalue weighted by Crippen LogP contribution is -2.12. The minimum Gasteiger partial charge on any atom is -0.403 e. The molecule has 0 aliphatic rings. The minimum atomic E-state index is -3.27. The highest BCUT2D eigenvalue weighted by Crippen LogP contribution is 2.23. The van der Waals surface area contributed by atoms with Crippen molar-refractivity contribution in [1.82, 2.24) is 10.2 Å². The summed E-state index contributed by atoms with van der Waals surface area (Å²) in [5, 5.41) is 10.3. The van der Waals surface area contributed by atoms with Crippen molar-refractivity contribution < 1.29 is 17.6 Å². The van der Waals surface area contributed by atoms with Crippen LogP contribution in [0.1, 0.15) is 24.2 Å². The molecule has 28 heavy (non-hydrogen) atoms. The van der Waals surface area contributed by atoms with Crippen LogP contribution in [0.2, 0.25) is 0 Å². The number of sulfone groups is 1. The van der Waals surface area contributed by atoms with Crippen molar-refractivity contribution in [2.45, 2.75) is 23.6 Å². The highest BCUT2D eigenvalue weighted by molar-refractivity contribution is 7.99. The van der Waals surface area contributed by atoms with Crippen LogP contribution < -0.4 is 5.32 Å². The minimum absolute atomic E-state index is 0.0288. The summed E-state index contributed by atoms with van der Waals surface area (Å²) < 4.78 is 29.2. The van der Waals surface area contributed by atoms with Crippen LogP contribution >= 0.6 is 11.8 Å². The summed E-state index contributed by atoms with van der Waals surface area (Å²) in [6, 6.07) is 13.4. The highest BCUT2D eigenvalue weighted by Gasteiger charge is 2.15. The van der Waals surface area contributed by atoms with Crippen molar-refractivity contribution in [3.63, 3.8) is 0 Å². The molecule has 0 saturated carbocycles. The Morgan fingerprint density at radius 3 is 2.54 bits per heavy atom. The molecule has 3 aromatic rings. The molecule has 0 fully saturated rings. The fourth-order valence-corrected chi connectivity index (χ4v) is 4.03. The molecular weight excluding hydrogens is 398 g/mol. The Kier molecular flexibility index (Phi) is 6.15. The van der Waals surface area contributed by atoms with Gasteiger partial charge in [0.2, 0.25) is 5.89 Å². The number of thioether (sulfide) groups is 1. The van der Waals surface area contributed by atoms with Gasteiger partial charge < -0.3 is 4.42 Å². The Morgan fingerprint density at radius 1 is 1.11 bits per heavy atom. The maximum Gasteiger partial charge on any atom is 0.322 e.